The van der Waals surface area contributed by atoms with E-state index in [4.69, 9.17) is 4.98 Å². The van der Waals surface area contributed by atoms with E-state index in [1.165, 1.54) is 18.6 Å². The molecule has 5 aromatic heterocycles. The number of nitrogens with one attached hydrogen (secondary N) is 3. The van der Waals surface area contributed by atoms with Gasteiger partial charge in [-0.05, 0) is 40.9 Å². The molecule has 0 aliphatic heterocycles. The number of fused-ring (bicyclic) bond motifs is 2. The highest BCUT2D eigenvalue weighted by Gasteiger charge is 2.21. The molecule has 0 unspecified atom stereocenters. The number of H-pyrrole nitrogens is 2. The average molecular weight is 512 g/mol. The second-order valence-corrected chi connectivity index (χ2v) is 9.47. The van der Waals surface area contributed by atoms with Crippen molar-refractivity contribution in [3.8, 4) is 33.9 Å². The number of carbonyl (C=O) groups is 1. The molecule has 0 saturated carbocycles. The van der Waals surface area contributed by atoms with Gasteiger partial charge in [0.2, 0.25) is 5.91 Å². The molecule has 0 aliphatic rings. The van der Waals surface area contributed by atoms with Crippen LogP contribution < -0.4 is 5.32 Å². The molecule has 0 atom stereocenters. The van der Waals surface area contributed by atoms with Crippen LogP contribution in [0.1, 0.15) is 26.2 Å². The Bertz CT molecular complexity index is 1740. The summed E-state index contributed by atoms with van der Waals surface area (Å²) >= 11 is 1.62. The molecule has 8 nitrogen and oxygen atoms in total. The summed E-state index contributed by atoms with van der Waals surface area (Å²) < 4.78 is 16.0. The molecule has 0 spiro atoms. The van der Waals surface area contributed by atoms with Crippen molar-refractivity contribution < 1.29 is 9.18 Å². The Hall–Kier alpha value is -4.44. The molecule has 0 radical (unpaired) electrons. The van der Waals surface area contributed by atoms with Crippen LogP contribution >= 0.6 is 11.3 Å². The van der Waals surface area contributed by atoms with Gasteiger partial charge in [-0.25, -0.2) is 9.37 Å². The van der Waals surface area contributed by atoms with Crippen LogP contribution in [0.3, 0.4) is 0 Å². The first kappa shape index (κ1) is 23.0. The number of thiophene rings is 1. The zero-order chi connectivity index (χ0) is 25.4. The number of halogens is 1. The van der Waals surface area contributed by atoms with Crippen molar-refractivity contribution in [2.75, 3.05) is 5.32 Å². The lowest BCUT2D eigenvalue weighted by Gasteiger charge is -2.08. The number of para-hydroxylation sites is 1. The maximum absolute atomic E-state index is 16.0. The van der Waals surface area contributed by atoms with E-state index in [-0.39, 0.29) is 17.0 Å². The van der Waals surface area contributed by atoms with E-state index in [2.05, 4.69) is 35.8 Å². The van der Waals surface area contributed by atoms with E-state index >= 15 is 4.39 Å². The number of rotatable bonds is 7. The highest BCUT2D eigenvalue weighted by molar-refractivity contribution is 7.08. The number of pyridine rings is 2. The molecule has 0 aliphatic carbocycles. The lowest BCUT2D eigenvalue weighted by Crippen LogP contribution is -2.11. The minimum atomic E-state index is -0.545. The summed E-state index contributed by atoms with van der Waals surface area (Å²) in [4.78, 5) is 28.7. The second-order valence-electron chi connectivity index (χ2n) is 8.69. The molecular formula is C27H22FN7OS. The molecule has 10 heteroatoms. The van der Waals surface area contributed by atoms with Crippen molar-refractivity contribution in [3.63, 3.8) is 0 Å². The molecule has 0 saturated heterocycles. The predicted octanol–water partition coefficient (Wildman–Crippen LogP) is 6.56. The molecule has 3 N–H and O–H groups in total. The fourth-order valence-corrected chi connectivity index (χ4v) is 5.00. The van der Waals surface area contributed by atoms with Gasteiger partial charge in [0.15, 0.2) is 11.6 Å². The van der Waals surface area contributed by atoms with E-state index in [9.17, 15) is 4.79 Å². The number of aromatic nitrogens is 6. The molecule has 5 heterocycles. The SMILES string of the molecule is CCCCC(=O)Nc1cncc(-c2ncc3[nH]nc(-c4nc5c(-c6ccsc6)cccc5[nH]4)c3c2F)c1. The minimum absolute atomic E-state index is 0.103. The van der Waals surface area contributed by atoms with Gasteiger partial charge in [-0.15, -0.1) is 0 Å². The Morgan fingerprint density at radius 2 is 2.03 bits per heavy atom. The number of aromatic amines is 2. The van der Waals surface area contributed by atoms with E-state index in [0.717, 1.165) is 35.0 Å². The van der Waals surface area contributed by atoms with Gasteiger partial charge in [-0.2, -0.15) is 16.4 Å². The number of imidazole rings is 1. The number of benzene rings is 1. The van der Waals surface area contributed by atoms with Crippen LogP contribution in [-0.4, -0.2) is 36.0 Å². The summed E-state index contributed by atoms with van der Waals surface area (Å²) in [6.07, 6.45) is 6.74. The van der Waals surface area contributed by atoms with Crippen LogP contribution in [0.5, 0.6) is 0 Å². The fraction of sp³-hybridized carbons (Fsp3) is 0.148. The maximum atomic E-state index is 16.0. The third-order valence-electron chi connectivity index (χ3n) is 6.17. The van der Waals surface area contributed by atoms with Gasteiger partial charge in [0.1, 0.15) is 11.4 Å². The number of hydrogen-bond acceptors (Lipinski definition) is 6. The van der Waals surface area contributed by atoms with Gasteiger partial charge in [0.25, 0.3) is 0 Å². The Kier molecular flexibility index (Phi) is 5.93. The molecule has 6 rings (SSSR count). The summed E-state index contributed by atoms with van der Waals surface area (Å²) in [6.45, 7) is 2.03. The zero-order valence-corrected chi connectivity index (χ0v) is 20.7. The number of amides is 1. The second kappa shape index (κ2) is 9.55. The highest BCUT2D eigenvalue weighted by atomic mass is 32.1. The van der Waals surface area contributed by atoms with Gasteiger partial charge in [0, 0.05) is 23.7 Å². The van der Waals surface area contributed by atoms with Crippen LogP contribution in [0, 0.1) is 5.82 Å². The van der Waals surface area contributed by atoms with E-state index in [1.54, 1.807) is 17.4 Å². The molecule has 0 bridgehead atoms. The first-order valence-corrected chi connectivity index (χ1v) is 12.9. The first-order valence-electron chi connectivity index (χ1n) is 11.9. The fourth-order valence-electron chi connectivity index (χ4n) is 4.34. The minimum Gasteiger partial charge on any atom is -0.337 e. The summed E-state index contributed by atoms with van der Waals surface area (Å²) in [5.41, 5.74) is 5.56. The van der Waals surface area contributed by atoms with Crippen LogP contribution in [0.4, 0.5) is 10.1 Å². The Morgan fingerprint density at radius 1 is 1.11 bits per heavy atom. The third kappa shape index (κ3) is 4.25. The van der Waals surface area contributed by atoms with Crippen molar-refractivity contribution >= 4 is 44.9 Å². The summed E-state index contributed by atoms with van der Waals surface area (Å²) in [5.74, 6) is -0.195. The normalized spacial score (nSPS) is 11.4. The topological polar surface area (TPSA) is 112 Å². The van der Waals surface area contributed by atoms with E-state index < -0.39 is 5.82 Å². The Morgan fingerprint density at radius 3 is 2.86 bits per heavy atom. The highest BCUT2D eigenvalue weighted by Crippen LogP contribution is 2.35. The molecular weight excluding hydrogens is 489 g/mol. The standard InChI is InChI=1S/C27H22FN7OS/c1-2-3-7-21(36)31-17-10-16(11-29-12-17)24-23(28)22-20(13-30-24)34-35-26(22)27-32-19-6-4-5-18(25(19)33-27)15-8-9-37-14-15/h4-6,8-14H,2-3,7H2,1H3,(H,31,36)(H,32,33)(H,34,35). The summed E-state index contributed by atoms with van der Waals surface area (Å²) in [5, 5.41) is 14.4. The molecule has 0 fully saturated rings. The number of carbonyl (C=O) groups excluding carboxylic acids is 1. The van der Waals surface area contributed by atoms with Crippen LogP contribution in [0.15, 0.2) is 59.7 Å². The summed E-state index contributed by atoms with van der Waals surface area (Å²) in [7, 11) is 0. The number of nitrogens with zero attached hydrogens (tertiary/aromatic N) is 4. The van der Waals surface area contributed by atoms with Crippen molar-refractivity contribution in [3.05, 3.63) is 65.5 Å². The third-order valence-corrected chi connectivity index (χ3v) is 6.85. The molecule has 1 amide bonds. The first-order chi connectivity index (χ1) is 18.1. The van der Waals surface area contributed by atoms with Crippen LogP contribution in [0.25, 0.3) is 55.8 Å². The predicted molar refractivity (Wildman–Crippen MR) is 144 cm³/mol. The summed E-state index contributed by atoms with van der Waals surface area (Å²) in [6, 6.07) is 9.63. The van der Waals surface area contributed by atoms with E-state index in [1.807, 2.05) is 36.6 Å². The van der Waals surface area contributed by atoms with Crippen molar-refractivity contribution in [2.45, 2.75) is 26.2 Å². The molecule has 1 aromatic carbocycles. The maximum Gasteiger partial charge on any atom is 0.224 e. The van der Waals surface area contributed by atoms with Crippen molar-refractivity contribution in [1.82, 2.24) is 30.1 Å². The Labute approximate surface area is 215 Å². The quantitative estimate of drug-likeness (QED) is 0.225. The number of anilines is 1. The lowest BCUT2D eigenvalue weighted by atomic mass is 10.1. The van der Waals surface area contributed by atoms with Gasteiger partial charge in [-0.3, -0.25) is 19.9 Å². The van der Waals surface area contributed by atoms with E-state index in [0.29, 0.717) is 34.7 Å². The molecule has 184 valence electrons. The average Bonchev–Trinajstić information content (AvgIpc) is 3.67. The van der Waals surface area contributed by atoms with Gasteiger partial charge < -0.3 is 10.3 Å². The van der Waals surface area contributed by atoms with Gasteiger partial charge >= 0.3 is 0 Å². The monoisotopic (exact) mass is 511 g/mol. The van der Waals surface area contributed by atoms with Crippen LogP contribution in [-0.2, 0) is 4.79 Å². The van der Waals surface area contributed by atoms with Gasteiger partial charge in [-0.1, -0.05) is 25.5 Å². The number of unbranched alkanes of at least 4 members (excludes halogenated alkanes) is 1. The zero-order valence-electron chi connectivity index (χ0n) is 19.9. The lowest BCUT2D eigenvalue weighted by molar-refractivity contribution is -0.116. The Balaban J connectivity index is 1.41. The molecule has 37 heavy (non-hydrogen) atoms. The number of hydrogen-bond donors (Lipinski definition) is 3. The van der Waals surface area contributed by atoms with Crippen molar-refractivity contribution in [1.29, 1.82) is 0 Å². The van der Waals surface area contributed by atoms with Gasteiger partial charge in [0.05, 0.1) is 40.0 Å². The smallest absolute Gasteiger partial charge is 0.224 e. The molecule has 6 aromatic rings. The van der Waals surface area contributed by atoms with Crippen molar-refractivity contribution in [2.24, 2.45) is 0 Å². The largest absolute Gasteiger partial charge is 0.337 e. The van der Waals surface area contributed by atoms with Crippen LogP contribution in [0.2, 0.25) is 0 Å².